The molecule has 0 bridgehead atoms. The van der Waals surface area contributed by atoms with Crippen LogP contribution in [0.1, 0.15) is 123 Å². The normalized spacial score (nSPS) is 29.6. The summed E-state index contributed by atoms with van der Waals surface area (Å²) < 4.78 is 47.0. The second-order valence-electron chi connectivity index (χ2n) is 16.4. The minimum absolute atomic E-state index is 0.173. The number of likely N-dealkylation sites (tertiary alicyclic amines) is 1. The van der Waals surface area contributed by atoms with Crippen molar-refractivity contribution in [1.82, 2.24) is 10.2 Å². The summed E-state index contributed by atoms with van der Waals surface area (Å²) in [5.41, 5.74) is 4.41. The number of hydrogen-bond acceptors (Lipinski definition) is 3. The Bertz CT molecular complexity index is 1240. The van der Waals surface area contributed by atoms with E-state index in [0.717, 1.165) is 95.0 Å². The summed E-state index contributed by atoms with van der Waals surface area (Å²) in [5.74, 6) is 3.93. The number of ether oxygens (including phenoxy) is 1. The fraction of sp³-hybridized carbons (Fsp3) is 0.780. The second-order valence-corrected chi connectivity index (χ2v) is 16.4. The van der Waals surface area contributed by atoms with Gasteiger partial charge in [0, 0.05) is 32.2 Å². The molecule has 7 heteroatoms. The van der Waals surface area contributed by atoms with Crippen molar-refractivity contribution in [3.63, 3.8) is 0 Å². The lowest BCUT2D eigenvalue weighted by atomic mass is 9.60. The first-order chi connectivity index (χ1) is 22.7. The van der Waals surface area contributed by atoms with Crippen LogP contribution < -0.4 is 5.32 Å². The number of fused-ring (bicyclic) bond motifs is 1. The highest BCUT2D eigenvalue weighted by atomic mass is 19.4. The van der Waals surface area contributed by atoms with E-state index in [-0.39, 0.29) is 17.7 Å². The first-order valence-corrected chi connectivity index (χ1v) is 19.1. The molecule has 1 saturated carbocycles. The van der Waals surface area contributed by atoms with Crippen molar-refractivity contribution in [3.05, 3.63) is 40.5 Å². The van der Waals surface area contributed by atoms with Gasteiger partial charge in [0.15, 0.2) is 0 Å². The number of alkyl halides is 3. The Balaban J connectivity index is 0.000000453. The molecule has 4 nitrogen and oxygen atoms in total. The summed E-state index contributed by atoms with van der Waals surface area (Å²) >= 11 is 0. The number of aryl methyl sites for hydroxylation is 1. The van der Waals surface area contributed by atoms with Gasteiger partial charge in [0.1, 0.15) is 0 Å². The molecule has 0 aromatic heterocycles. The molecule has 0 radical (unpaired) electrons. The molecule has 2 heterocycles. The van der Waals surface area contributed by atoms with Crippen LogP contribution in [0.5, 0.6) is 0 Å². The van der Waals surface area contributed by atoms with Gasteiger partial charge in [-0.2, -0.15) is 13.2 Å². The maximum Gasteiger partial charge on any atom is 0.416 e. The SMILES string of the molecule is CCCNC(=O)C(C)CC.Cc1ccc(C(F)(F)F)cc1C1=C(CC2CC(C)C2C)CC2CCN(CCC3(C)CCOCC3)CC2[C@H]1C. The molecule has 1 amide bonds. The number of carbonyl (C=O) groups excluding carboxylic acids is 1. The number of hydrogen-bond donors (Lipinski definition) is 1. The van der Waals surface area contributed by atoms with E-state index in [2.05, 4.69) is 44.8 Å². The molecule has 272 valence electrons. The van der Waals surface area contributed by atoms with Crippen LogP contribution in [0, 0.1) is 53.8 Å². The number of carbonyl (C=O) groups is 1. The predicted molar refractivity (Wildman–Crippen MR) is 192 cm³/mol. The van der Waals surface area contributed by atoms with Gasteiger partial charge in [-0.3, -0.25) is 4.79 Å². The molecular formula is C41H65F3N2O2. The van der Waals surface area contributed by atoms with Gasteiger partial charge < -0.3 is 15.0 Å². The summed E-state index contributed by atoms with van der Waals surface area (Å²) in [6, 6.07) is 4.41. The van der Waals surface area contributed by atoms with Crippen LogP contribution in [-0.2, 0) is 15.7 Å². The van der Waals surface area contributed by atoms with Crippen molar-refractivity contribution < 1.29 is 22.7 Å². The minimum atomic E-state index is -4.32. The van der Waals surface area contributed by atoms with Crippen molar-refractivity contribution >= 4 is 11.5 Å². The van der Waals surface area contributed by atoms with Crippen LogP contribution in [0.4, 0.5) is 13.2 Å². The summed E-state index contributed by atoms with van der Waals surface area (Å²) in [4.78, 5) is 13.7. The largest absolute Gasteiger partial charge is 0.416 e. The lowest BCUT2D eigenvalue weighted by Crippen LogP contribution is -2.46. The van der Waals surface area contributed by atoms with E-state index in [1.807, 2.05) is 20.8 Å². The first kappa shape index (κ1) is 38.9. The van der Waals surface area contributed by atoms with Crippen LogP contribution in [0.15, 0.2) is 23.8 Å². The molecule has 6 unspecified atom stereocenters. The molecule has 5 rings (SSSR count). The lowest BCUT2D eigenvalue weighted by molar-refractivity contribution is -0.137. The van der Waals surface area contributed by atoms with E-state index < -0.39 is 11.7 Å². The van der Waals surface area contributed by atoms with E-state index in [0.29, 0.717) is 29.1 Å². The molecule has 3 fully saturated rings. The molecule has 0 spiro atoms. The molecule has 2 aliphatic carbocycles. The van der Waals surface area contributed by atoms with E-state index in [1.165, 1.54) is 42.5 Å². The number of benzene rings is 1. The van der Waals surface area contributed by atoms with E-state index in [1.54, 1.807) is 6.07 Å². The standard InChI is InChI=1S/C33H48F3NO.C8H17NO/c1-21-6-7-28(33(34,35)36)19-29(21)31-24(4)30-20-37(13-9-32(5)10-14-38-15-11-32)12-8-25(30)17-27(31)18-26-16-22(2)23(26)3;1-4-6-9-8(10)7(3)5-2/h6-7,19,22-26,30H,8-18,20H2,1-5H3;7H,4-6H2,1-3H3,(H,9,10)/t22?,23?,24-,25?,26?,30?;/m1./s1. The number of nitrogens with one attached hydrogen (secondary N) is 1. The molecule has 2 saturated heterocycles. The predicted octanol–water partition coefficient (Wildman–Crippen LogP) is 10.2. The zero-order valence-electron chi connectivity index (χ0n) is 31.3. The third-order valence-electron chi connectivity index (χ3n) is 12.9. The lowest BCUT2D eigenvalue weighted by Gasteiger charge is -2.49. The van der Waals surface area contributed by atoms with Gasteiger partial charge >= 0.3 is 6.18 Å². The van der Waals surface area contributed by atoms with Crippen molar-refractivity contribution in [2.75, 3.05) is 39.4 Å². The Morgan fingerprint density at radius 3 is 2.46 bits per heavy atom. The molecule has 2 aliphatic heterocycles. The number of piperidine rings is 1. The summed E-state index contributed by atoms with van der Waals surface area (Å²) in [6.07, 6.45) is 5.72. The van der Waals surface area contributed by atoms with Gasteiger partial charge in [-0.25, -0.2) is 0 Å². The maximum atomic E-state index is 13.8. The molecule has 1 N–H and O–H groups in total. The fourth-order valence-electron chi connectivity index (χ4n) is 8.72. The Kier molecular flexibility index (Phi) is 13.7. The van der Waals surface area contributed by atoms with E-state index >= 15 is 0 Å². The van der Waals surface area contributed by atoms with Crippen LogP contribution >= 0.6 is 0 Å². The average Bonchev–Trinajstić information content (AvgIpc) is 3.06. The topological polar surface area (TPSA) is 41.6 Å². The highest BCUT2D eigenvalue weighted by molar-refractivity contribution is 5.78. The monoisotopic (exact) mass is 674 g/mol. The van der Waals surface area contributed by atoms with Gasteiger partial charge in [-0.1, -0.05) is 60.1 Å². The van der Waals surface area contributed by atoms with Crippen molar-refractivity contribution in [2.24, 2.45) is 46.8 Å². The zero-order chi connectivity index (χ0) is 35.2. The highest BCUT2D eigenvalue weighted by Crippen LogP contribution is 2.52. The Morgan fingerprint density at radius 2 is 1.85 bits per heavy atom. The quantitative estimate of drug-likeness (QED) is 0.269. The van der Waals surface area contributed by atoms with Gasteiger partial charge in [0.25, 0.3) is 0 Å². The number of rotatable bonds is 10. The van der Waals surface area contributed by atoms with Crippen LogP contribution in [0.25, 0.3) is 5.57 Å². The zero-order valence-corrected chi connectivity index (χ0v) is 31.3. The van der Waals surface area contributed by atoms with Crippen LogP contribution in [0.2, 0.25) is 0 Å². The number of amides is 1. The van der Waals surface area contributed by atoms with Crippen molar-refractivity contribution in [3.8, 4) is 0 Å². The van der Waals surface area contributed by atoms with Gasteiger partial charge in [0.2, 0.25) is 5.91 Å². The summed E-state index contributed by atoms with van der Waals surface area (Å²) in [7, 11) is 0. The van der Waals surface area contributed by atoms with Gasteiger partial charge in [-0.05, 0) is 148 Å². The number of nitrogens with zero attached hydrogens (tertiary/aromatic N) is 1. The van der Waals surface area contributed by atoms with E-state index in [9.17, 15) is 18.0 Å². The number of allylic oxidation sites excluding steroid dienone is 2. The summed E-state index contributed by atoms with van der Waals surface area (Å²) in [5, 5.41) is 2.84. The summed E-state index contributed by atoms with van der Waals surface area (Å²) in [6.45, 7) is 23.4. The van der Waals surface area contributed by atoms with Crippen LogP contribution in [-0.4, -0.2) is 50.2 Å². The van der Waals surface area contributed by atoms with Crippen molar-refractivity contribution in [1.29, 1.82) is 0 Å². The maximum absolute atomic E-state index is 13.8. The van der Waals surface area contributed by atoms with Crippen molar-refractivity contribution in [2.45, 2.75) is 119 Å². The molecule has 7 atom stereocenters. The van der Waals surface area contributed by atoms with E-state index in [4.69, 9.17) is 4.74 Å². The third kappa shape index (κ3) is 9.68. The number of halogens is 3. The minimum Gasteiger partial charge on any atom is -0.381 e. The second kappa shape index (κ2) is 16.9. The Labute approximate surface area is 290 Å². The van der Waals surface area contributed by atoms with Gasteiger partial charge in [-0.15, -0.1) is 0 Å². The third-order valence-corrected chi connectivity index (χ3v) is 12.9. The molecule has 1 aromatic carbocycles. The Hall–Kier alpha value is -1.86. The Morgan fingerprint density at radius 1 is 1.15 bits per heavy atom. The van der Waals surface area contributed by atoms with Gasteiger partial charge in [0.05, 0.1) is 5.56 Å². The fourth-order valence-corrected chi connectivity index (χ4v) is 8.72. The average molecular weight is 675 g/mol. The highest BCUT2D eigenvalue weighted by Gasteiger charge is 2.43. The molecule has 48 heavy (non-hydrogen) atoms. The smallest absolute Gasteiger partial charge is 0.381 e. The molecule has 4 aliphatic rings. The molecule has 1 aromatic rings. The first-order valence-electron chi connectivity index (χ1n) is 19.1. The molecular weight excluding hydrogens is 609 g/mol. The van der Waals surface area contributed by atoms with Crippen LogP contribution in [0.3, 0.4) is 0 Å².